The van der Waals surface area contributed by atoms with E-state index in [0.29, 0.717) is 12.5 Å². The molecule has 3 N–H and O–H groups in total. The fourth-order valence-corrected chi connectivity index (χ4v) is 1.60. The molecule has 1 aromatic heterocycles. The molecule has 0 aliphatic carbocycles. The second-order valence-corrected chi connectivity index (χ2v) is 3.46. The average Bonchev–Trinajstić information content (AvgIpc) is 2.36. The monoisotopic (exact) mass is 217 g/mol. The minimum absolute atomic E-state index is 0.455. The van der Waals surface area contributed by atoms with E-state index in [0.717, 1.165) is 16.6 Å². The van der Waals surface area contributed by atoms with E-state index in [1.54, 1.807) is 6.20 Å². The van der Waals surface area contributed by atoms with Crippen LogP contribution in [0, 0.1) is 0 Å². The summed E-state index contributed by atoms with van der Waals surface area (Å²) in [6, 6.07) is 0. The molecule has 11 heavy (non-hydrogen) atoms. The summed E-state index contributed by atoms with van der Waals surface area (Å²) in [5.41, 5.74) is 6.57. The molecular weight excluding hydrogens is 206 g/mol. The Morgan fingerprint density at radius 3 is 3.00 bits per heavy atom. The normalized spacial score (nSPS) is 13.4. The topological polar surface area (TPSA) is 54.7 Å². The molecule has 0 saturated heterocycles. The van der Waals surface area contributed by atoms with Crippen molar-refractivity contribution in [1.29, 1.82) is 0 Å². The molecule has 0 bridgehead atoms. The highest BCUT2D eigenvalue weighted by Crippen LogP contribution is 2.23. The van der Waals surface area contributed by atoms with Crippen molar-refractivity contribution in [2.75, 3.05) is 6.54 Å². The Morgan fingerprint density at radius 1 is 1.82 bits per heavy atom. The van der Waals surface area contributed by atoms with Gasteiger partial charge in [0.15, 0.2) is 0 Å². The number of H-pyrrole nitrogens is 1. The lowest BCUT2D eigenvalue weighted by Gasteiger charge is -2.06. The van der Waals surface area contributed by atoms with Crippen LogP contribution in [-0.2, 0) is 0 Å². The Labute approximate surface area is 74.5 Å². The van der Waals surface area contributed by atoms with Crippen LogP contribution in [0.1, 0.15) is 25.0 Å². The van der Waals surface area contributed by atoms with E-state index < -0.39 is 0 Å². The van der Waals surface area contributed by atoms with Crippen LogP contribution in [0.3, 0.4) is 0 Å². The van der Waals surface area contributed by atoms with E-state index in [1.165, 1.54) is 0 Å². The Kier molecular flexibility index (Phi) is 3.08. The van der Waals surface area contributed by atoms with Crippen molar-refractivity contribution in [3.05, 3.63) is 16.4 Å². The summed E-state index contributed by atoms with van der Waals surface area (Å²) in [4.78, 5) is 0. The standard InChI is InChI=1S/C7H12BrN3/c1-5(2-3-9)7-6(8)4-10-11-7/h4-5H,2-3,9H2,1H3,(H,10,11). The summed E-state index contributed by atoms with van der Waals surface area (Å²) in [6.45, 7) is 2.84. The quantitative estimate of drug-likeness (QED) is 0.809. The summed E-state index contributed by atoms with van der Waals surface area (Å²) in [6.07, 6.45) is 2.75. The molecule has 3 nitrogen and oxygen atoms in total. The van der Waals surface area contributed by atoms with Crippen LogP contribution >= 0.6 is 15.9 Å². The fourth-order valence-electron chi connectivity index (χ4n) is 1.02. The van der Waals surface area contributed by atoms with Gasteiger partial charge in [-0.15, -0.1) is 0 Å². The van der Waals surface area contributed by atoms with Crippen molar-refractivity contribution < 1.29 is 0 Å². The molecule has 0 amide bonds. The lowest BCUT2D eigenvalue weighted by molar-refractivity contribution is 0.665. The van der Waals surface area contributed by atoms with E-state index in [2.05, 4.69) is 33.1 Å². The number of aromatic nitrogens is 2. The van der Waals surface area contributed by atoms with Crippen molar-refractivity contribution in [3.8, 4) is 0 Å². The predicted molar refractivity (Wildman–Crippen MR) is 48.4 cm³/mol. The molecule has 1 atom stereocenters. The molecule has 62 valence electrons. The first-order valence-electron chi connectivity index (χ1n) is 3.64. The summed E-state index contributed by atoms with van der Waals surface area (Å²) in [5.74, 6) is 0.455. The van der Waals surface area contributed by atoms with Gasteiger partial charge >= 0.3 is 0 Å². The molecule has 0 aliphatic heterocycles. The van der Waals surface area contributed by atoms with Crippen LogP contribution in [0.5, 0.6) is 0 Å². The van der Waals surface area contributed by atoms with Crippen LogP contribution in [0.4, 0.5) is 0 Å². The first kappa shape index (κ1) is 8.74. The summed E-state index contributed by atoms with van der Waals surface area (Å²) < 4.78 is 1.04. The van der Waals surface area contributed by atoms with Gasteiger partial charge in [0.05, 0.1) is 16.4 Å². The number of nitrogens with two attached hydrogens (primary N) is 1. The van der Waals surface area contributed by atoms with E-state index in [4.69, 9.17) is 5.73 Å². The fraction of sp³-hybridized carbons (Fsp3) is 0.571. The van der Waals surface area contributed by atoms with Gasteiger partial charge in [-0.3, -0.25) is 5.10 Å². The van der Waals surface area contributed by atoms with E-state index in [-0.39, 0.29) is 0 Å². The largest absolute Gasteiger partial charge is 0.330 e. The summed E-state index contributed by atoms with van der Waals surface area (Å²) in [7, 11) is 0. The zero-order chi connectivity index (χ0) is 8.27. The van der Waals surface area contributed by atoms with E-state index in [9.17, 15) is 0 Å². The Balaban J connectivity index is 2.67. The van der Waals surface area contributed by atoms with Crippen LogP contribution in [-0.4, -0.2) is 16.7 Å². The highest BCUT2D eigenvalue weighted by Gasteiger charge is 2.09. The minimum Gasteiger partial charge on any atom is -0.330 e. The van der Waals surface area contributed by atoms with Gasteiger partial charge in [-0.05, 0) is 28.9 Å². The number of aromatic amines is 1. The van der Waals surface area contributed by atoms with Crippen molar-refractivity contribution >= 4 is 15.9 Å². The minimum atomic E-state index is 0.455. The van der Waals surface area contributed by atoms with Gasteiger partial charge in [0, 0.05) is 5.92 Å². The van der Waals surface area contributed by atoms with Crippen molar-refractivity contribution in [2.24, 2.45) is 5.73 Å². The highest BCUT2D eigenvalue weighted by molar-refractivity contribution is 9.10. The predicted octanol–water partition coefficient (Wildman–Crippen LogP) is 1.62. The molecule has 0 fully saturated rings. The number of hydrogen-bond donors (Lipinski definition) is 2. The molecular formula is C7H12BrN3. The molecule has 0 aromatic carbocycles. The lowest BCUT2D eigenvalue weighted by Crippen LogP contribution is -2.05. The van der Waals surface area contributed by atoms with Gasteiger partial charge in [0.2, 0.25) is 0 Å². The van der Waals surface area contributed by atoms with Crippen molar-refractivity contribution in [3.63, 3.8) is 0 Å². The van der Waals surface area contributed by atoms with Gasteiger partial charge in [-0.25, -0.2) is 0 Å². The zero-order valence-corrected chi connectivity index (χ0v) is 8.06. The molecule has 0 spiro atoms. The van der Waals surface area contributed by atoms with E-state index >= 15 is 0 Å². The molecule has 0 saturated carbocycles. The number of hydrogen-bond acceptors (Lipinski definition) is 2. The third-order valence-electron chi connectivity index (χ3n) is 1.71. The third-order valence-corrected chi connectivity index (χ3v) is 2.34. The molecule has 1 heterocycles. The zero-order valence-electron chi connectivity index (χ0n) is 6.47. The third kappa shape index (κ3) is 2.04. The molecule has 0 aliphatic rings. The van der Waals surface area contributed by atoms with Gasteiger partial charge in [0.1, 0.15) is 0 Å². The van der Waals surface area contributed by atoms with Gasteiger partial charge < -0.3 is 5.73 Å². The maximum absolute atomic E-state index is 5.44. The number of nitrogens with one attached hydrogen (secondary N) is 1. The van der Waals surface area contributed by atoms with Crippen LogP contribution < -0.4 is 5.73 Å². The first-order valence-corrected chi connectivity index (χ1v) is 4.43. The maximum Gasteiger partial charge on any atom is 0.0632 e. The smallest absolute Gasteiger partial charge is 0.0632 e. The Morgan fingerprint density at radius 2 is 2.55 bits per heavy atom. The van der Waals surface area contributed by atoms with Gasteiger partial charge in [0.25, 0.3) is 0 Å². The van der Waals surface area contributed by atoms with Crippen LogP contribution in [0.25, 0.3) is 0 Å². The van der Waals surface area contributed by atoms with Crippen molar-refractivity contribution in [2.45, 2.75) is 19.3 Å². The van der Waals surface area contributed by atoms with Crippen LogP contribution in [0.2, 0.25) is 0 Å². The molecule has 4 heteroatoms. The number of rotatable bonds is 3. The lowest BCUT2D eigenvalue weighted by atomic mass is 10.1. The van der Waals surface area contributed by atoms with E-state index in [1.807, 2.05) is 0 Å². The maximum atomic E-state index is 5.44. The Hall–Kier alpha value is -0.350. The summed E-state index contributed by atoms with van der Waals surface area (Å²) >= 11 is 3.40. The number of halogens is 1. The highest BCUT2D eigenvalue weighted by atomic mass is 79.9. The van der Waals surface area contributed by atoms with Crippen molar-refractivity contribution in [1.82, 2.24) is 10.2 Å². The van der Waals surface area contributed by atoms with Gasteiger partial charge in [-0.2, -0.15) is 5.10 Å². The SMILES string of the molecule is CC(CCN)c1[nH]ncc1Br. The van der Waals surface area contributed by atoms with Gasteiger partial charge in [-0.1, -0.05) is 6.92 Å². The molecule has 1 aromatic rings. The second-order valence-electron chi connectivity index (χ2n) is 2.61. The number of nitrogens with zero attached hydrogens (tertiary/aromatic N) is 1. The Bertz CT molecular complexity index is 221. The molecule has 1 rings (SSSR count). The van der Waals surface area contributed by atoms with Crippen LogP contribution in [0.15, 0.2) is 10.7 Å². The summed E-state index contributed by atoms with van der Waals surface area (Å²) in [5, 5.41) is 6.85. The average molecular weight is 218 g/mol. The molecule has 1 unspecified atom stereocenters. The first-order chi connectivity index (χ1) is 5.25. The second kappa shape index (κ2) is 3.88. The molecule has 0 radical (unpaired) electrons.